The summed E-state index contributed by atoms with van der Waals surface area (Å²) in [5.74, 6) is 0.295. The largest absolute Gasteiger partial charge is 0.378 e. The average molecular weight is 372 g/mol. The van der Waals surface area contributed by atoms with E-state index in [9.17, 15) is 9.59 Å². The lowest BCUT2D eigenvalue weighted by Crippen LogP contribution is -2.22. The summed E-state index contributed by atoms with van der Waals surface area (Å²) >= 11 is 1.54. The summed E-state index contributed by atoms with van der Waals surface area (Å²) < 4.78 is 0. The molecule has 0 fully saturated rings. The number of benzene rings is 1. The second-order valence-electron chi connectivity index (χ2n) is 7.03. The SMILES string of the molecule is CNC(=O)c1c(NC(=O)c2ccc(N(C)C)cc2)sc2c1CC[C@H](C)C2. The van der Waals surface area contributed by atoms with Gasteiger partial charge in [0.15, 0.2) is 0 Å². The van der Waals surface area contributed by atoms with Crippen molar-refractivity contribution in [3.63, 3.8) is 0 Å². The maximum absolute atomic E-state index is 12.7. The van der Waals surface area contributed by atoms with Crippen molar-refractivity contribution >= 4 is 33.8 Å². The first-order chi connectivity index (χ1) is 12.4. The van der Waals surface area contributed by atoms with Gasteiger partial charge in [0.05, 0.1) is 5.56 Å². The number of nitrogens with zero attached hydrogens (tertiary/aromatic N) is 1. The van der Waals surface area contributed by atoms with Crippen LogP contribution in [0.15, 0.2) is 24.3 Å². The number of rotatable bonds is 4. The summed E-state index contributed by atoms with van der Waals surface area (Å²) in [6.07, 6.45) is 2.94. The molecule has 2 amide bonds. The van der Waals surface area contributed by atoms with E-state index in [0.29, 0.717) is 22.0 Å². The zero-order valence-corrected chi connectivity index (χ0v) is 16.5. The topological polar surface area (TPSA) is 61.4 Å². The van der Waals surface area contributed by atoms with Crippen molar-refractivity contribution in [3.05, 3.63) is 45.8 Å². The molecule has 1 aliphatic carbocycles. The second kappa shape index (κ2) is 7.50. The van der Waals surface area contributed by atoms with Gasteiger partial charge in [-0.1, -0.05) is 6.92 Å². The first-order valence-corrected chi connectivity index (χ1v) is 9.67. The monoisotopic (exact) mass is 371 g/mol. The van der Waals surface area contributed by atoms with E-state index in [0.717, 1.165) is 30.5 Å². The molecule has 0 spiro atoms. The van der Waals surface area contributed by atoms with Crippen molar-refractivity contribution in [1.29, 1.82) is 0 Å². The maximum atomic E-state index is 12.7. The predicted octanol–water partition coefficient (Wildman–Crippen LogP) is 3.55. The van der Waals surface area contributed by atoms with Gasteiger partial charge in [0.1, 0.15) is 5.00 Å². The highest BCUT2D eigenvalue weighted by molar-refractivity contribution is 7.17. The molecular weight excluding hydrogens is 346 g/mol. The third-order valence-electron chi connectivity index (χ3n) is 4.84. The van der Waals surface area contributed by atoms with Crippen molar-refractivity contribution in [2.24, 2.45) is 5.92 Å². The Kier molecular flexibility index (Phi) is 5.32. The summed E-state index contributed by atoms with van der Waals surface area (Å²) in [5, 5.41) is 6.34. The molecule has 1 aromatic heterocycles. The maximum Gasteiger partial charge on any atom is 0.256 e. The fourth-order valence-corrected chi connectivity index (χ4v) is 4.69. The molecule has 5 nitrogen and oxygen atoms in total. The van der Waals surface area contributed by atoms with E-state index in [1.807, 2.05) is 31.1 Å². The molecule has 1 aromatic carbocycles. The van der Waals surface area contributed by atoms with Crippen LogP contribution < -0.4 is 15.5 Å². The molecule has 0 radical (unpaired) electrons. The van der Waals surface area contributed by atoms with Gasteiger partial charge in [0.25, 0.3) is 11.8 Å². The van der Waals surface area contributed by atoms with Crippen LogP contribution in [0, 0.1) is 5.92 Å². The number of amides is 2. The van der Waals surface area contributed by atoms with E-state index >= 15 is 0 Å². The van der Waals surface area contributed by atoms with Crippen LogP contribution in [-0.4, -0.2) is 33.0 Å². The molecule has 0 saturated heterocycles. The molecule has 2 aromatic rings. The summed E-state index contributed by atoms with van der Waals surface area (Å²) in [6.45, 7) is 2.23. The first kappa shape index (κ1) is 18.5. The van der Waals surface area contributed by atoms with Gasteiger partial charge in [-0.15, -0.1) is 11.3 Å². The lowest BCUT2D eigenvalue weighted by Gasteiger charge is -2.18. The van der Waals surface area contributed by atoms with Crippen molar-refractivity contribution in [1.82, 2.24) is 5.32 Å². The Labute approximate surface area is 158 Å². The molecule has 26 heavy (non-hydrogen) atoms. The highest BCUT2D eigenvalue weighted by atomic mass is 32.1. The van der Waals surface area contributed by atoms with Crippen LogP contribution in [0.5, 0.6) is 0 Å². The van der Waals surface area contributed by atoms with Gasteiger partial charge in [-0.05, 0) is 55.0 Å². The molecule has 2 N–H and O–H groups in total. The fourth-order valence-electron chi connectivity index (χ4n) is 3.29. The van der Waals surface area contributed by atoms with E-state index < -0.39 is 0 Å². The van der Waals surface area contributed by atoms with E-state index in [-0.39, 0.29) is 11.8 Å². The standard InChI is InChI=1S/C20H25N3O2S/c1-12-5-10-15-16(11-12)26-20(17(15)19(25)21-2)22-18(24)13-6-8-14(9-7-13)23(3)4/h6-9,12H,5,10-11H2,1-4H3,(H,21,25)(H,22,24)/t12-/m0/s1. The first-order valence-electron chi connectivity index (χ1n) is 8.86. The molecule has 0 saturated carbocycles. The average Bonchev–Trinajstić information content (AvgIpc) is 2.97. The van der Waals surface area contributed by atoms with Crippen molar-refractivity contribution in [3.8, 4) is 0 Å². The molecular formula is C20H25N3O2S. The Morgan fingerprint density at radius 3 is 2.46 bits per heavy atom. The minimum atomic E-state index is -0.188. The number of fused-ring (bicyclic) bond motifs is 1. The highest BCUT2D eigenvalue weighted by Gasteiger charge is 2.28. The number of hydrogen-bond acceptors (Lipinski definition) is 4. The molecule has 0 unspecified atom stereocenters. The van der Waals surface area contributed by atoms with Gasteiger partial charge >= 0.3 is 0 Å². The van der Waals surface area contributed by atoms with Crippen molar-refractivity contribution in [2.75, 3.05) is 31.4 Å². The smallest absolute Gasteiger partial charge is 0.256 e. The zero-order chi connectivity index (χ0) is 18.8. The lowest BCUT2D eigenvalue weighted by atomic mass is 9.88. The molecule has 0 aliphatic heterocycles. The highest BCUT2D eigenvalue weighted by Crippen LogP contribution is 2.39. The summed E-state index contributed by atoms with van der Waals surface area (Å²) in [4.78, 5) is 28.3. The van der Waals surface area contributed by atoms with Gasteiger partial charge in [0.2, 0.25) is 0 Å². The van der Waals surface area contributed by atoms with Crippen molar-refractivity contribution in [2.45, 2.75) is 26.2 Å². The molecule has 6 heteroatoms. The Balaban J connectivity index is 1.89. The van der Waals surface area contributed by atoms with Gasteiger partial charge in [-0.2, -0.15) is 0 Å². The minimum Gasteiger partial charge on any atom is -0.378 e. The molecule has 0 bridgehead atoms. The Hall–Kier alpha value is -2.34. The number of anilines is 2. The molecule has 138 valence electrons. The number of carbonyl (C=O) groups excluding carboxylic acids is 2. The third kappa shape index (κ3) is 3.60. The summed E-state index contributed by atoms with van der Waals surface area (Å²) in [5.41, 5.74) is 3.36. The zero-order valence-electron chi connectivity index (χ0n) is 15.7. The Morgan fingerprint density at radius 1 is 1.15 bits per heavy atom. The van der Waals surface area contributed by atoms with Gasteiger partial charge < -0.3 is 15.5 Å². The van der Waals surface area contributed by atoms with Gasteiger partial charge in [-0.3, -0.25) is 9.59 Å². The van der Waals surface area contributed by atoms with Crippen LogP contribution in [0.3, 0.4) is 0 Å². The fraction of sp³-hybridized carbons (Fsp3) is 0.400. The number of nitrogens with one attached hydrogen (secondary N) is 2. The van der Waals surface area contributed by atoms with Crippen LogP contribution in [0.2, 0.25) is 0 Å². The minimum absolute atomic E-state index is 0.129. The Bertz CT molecular complexity index is 824. The van der Waals surface area contributed by atoms with Gasteiger partial charge in [0, 0.05) is 37.3 Å². The van der Waals surface area contributed by atoms with E-state index in [1.165, 1.54) is 16.2 Å². The van der Waals surface area contributed by atoms with Crippen LogP contribution in [0.4, 0.5) is 10.7 Å². The molecule has 1 heterocycles. The lowest BCUT2D eigenvalue weighted by molar-refractivity contribution is 0.0963. The van der Waals surface area contributed by atoms with Gasteiger partial charge in [-0.25, -0.2) is 0 Å². The van der Waals surface area contributed by atoms with Crippen molar-refractivity contribution < 1.29 is 9.59 Å². The molecule has 3 rings (SSSR count). The van der Waals surface area contributed by atoms with Crippen LogP contribution in [0.1, 0.15) is 44.5 Å². The normalized spacial score (nSPS) is 15.9. The van der Waals surface area contributed by atoms with Crippen LogP contribution in [0.25, 0.3) is 0 Å². The quantitative estimate of drug-likeness (QED) is 0.864. The van der Waals surface area contributed by atoms with Crippen LogP contribution >= 0.6 is 11.3 Å². The summed E-state index contributed by atoms with van der Waals surface area (Å²) in [7, 11) is 5.55. The molecule has 1 aliphatic rings. The third-order valence-corrected chi connectivity index (χ3v) is 6.01. The predicted molar refractivity (Wildman–Crippen MR) is 108 cm³/mol. The van der Waals surface area contributed by atoms with E-state index in [2.05, 4.69) is 17.6 Å². The van der Waals surface area contributed by atoms with Crippen LogP contribution in [-0.2, 0) is 12.8 Å². The molecule has 1 atom stereocenters. The van der Waals surface area contributed by atoms with E-state index in [1.54, 1.807) is 19.2 Å². The number of thiophene rings is 1. The number of hydrogen-bond donors (Lipinski definition) is 2. The second-order valence-corrected chi connectivity index (χ2v) is 8.14. The number of carbonyl (C=O) groups is 2. The Morgan fingerprint density at radius 2 is 1.85 bits per heavy atom. The summed E-state index contributed by atoms with van der Waals surface area (Å²) in [6, 6.07) is 7.44. The van der Waals surface area contributed by atoms with E-state index in [4.69, 9.17) is 0 Å².